The third-order valence-corrected chi connectivity index (χ3v) is 3.21. The van der Waals surface area contributed by atoms with Crippen molar-refractivity contribution in [2.75, 3.05) is 5.32 Å². The molecule has 3 heteroatoms. The zero-order valence-corrected chi connectivity index (χ0v) is 11.6. The molecule has 0 bridgehead atoms. The summed E-state index contributed by atoms with van der Waals surface area (Å²) in [5.41, 5.74) is 6.25. The fraction of sp³-hybridized carbons (Fsp3) is 0.400. The lowest BCUT2D eigenvalue weighted by molar-refractivity contribution is 0.746. The van der Waals surface area contributed by atoms with E-state index < -0.39 is 0 Å². The van der Waals surface area contributed by atoms with Gasteiger partial charge in [0.05, 0.1) is 11.4 Å². The van der Waals surface area contributed by atoms with Crippen molar-refractivity contribution < 1.29 is 0 Å². The van der Waals surface area contributed by atoms with Crippen molar-refractivity contribution in [3.63, 3.8) is 0 Å². The molecule has 0 fully saturated rings. The number of anilines is 1. The molecule has 0 spiro atoms. The number of benzene rings is 1. The van der Waals surface area contributed by atoms with Crippen molar-refractivity contribution in [2.45, 2.75) is 33.7 Å². The summed E-state index contributed by atoms with van der Waals surface area (Å²) in [6.07, 6.45) is 3.00. The molecule has 2 rings (SSSR count). The van der Waals surface area contributed by atoms with Crippen LogP contribution in [-0.2, 0) is 20.0 Å². The van der Waals surface area contributed by atoms with Crippen LogP contribution in [0.4, 0.5) is 5.69 Å². The molecule has 3 nitrogen and oxygen atoms in total. The van der Waals surface area contributed by atoms with E-state index in [1.807, 2.05) is 17.9 Å². The summed E-state index contributed by atoms with van der Waals surface area (Å²) in [6, 6.07) is 6.58. The molecule has 0 aliphatic carbocycles. The molecule has 0 aliphatic heterocycles. The standard InChI is InChI=1S/C15H21N3/c1-5-14-15(10-18(4)17-14)16-9-13-7-6-11(2)8-12(13)3/h6-8,10,16H,5,9H2,1-4H3. The van der Waals surface area contributed by atoms with Crippen LogP contribution in [0.2, 0.25) is 0 Å². The molecule has 1 N–H and O–H groups in total. The maximum absolute atomic E-state index is 4.43. The minimum Gasteiger partial charge on any atom is -0.378 e. The smallest absolute Gasteiger partial charge is 0.0853 e. The van der Waals surface area contributed by atoms with E-state index in [-0.39, 0.29) is 0 Å². The van der Waals surface area contributed by atoms with E-state index in [0.29, 0.717) is 0 Å². The number of hydrogen-bond acceptors (Lipinski definition) is 2. The predicted octanol–water partition coefficient (Wildman–Crippen LogP) is 3.21. The van der Waals surface area contributed by atoms with E-state index >= 15 is 0 Å². The van der Waals surface area contributed by atoms with Crippen molar-refractivity contribution in [1.29, 1.82) is 0 Å². The summed E-state index contributed by atoms with van der Waals surface area (Å²) >= 11 is 0. The molecule has 0 aliphatic rings. The normalized spacial score (nSPS) is 10.7. The zero-order chi connectivity index (χ0) is 13.1. The Bertz CT molecular complexity index is 541. The van der Waals surface area contributed by atoms with Crippen molar-refractivity contribution >= 4 is 5.69 Å². The summed E-state index contributed by atoms with van der Waals surface area (Å²) < 4.78 is 1.86. The van der Waals surface area contributed by atoms with Gasteiger partial charge in [0.25, 0.3) is 0 Å². The molecule has 96 valence electrons. The fourth-order valence-electron chi connectivity index (χ4n) is 2.18. The monoisotopic (exact) mass is 243 g/mol. The van der Waals surface area contributed by atoms with Gasteiger partial charge in [0, 0.05) is 19.8 Å². The van der Waals surface area contributed by atoms with Gasteiger partial charge >= 0.3 is 0 Å². The highest BCUT2D eigenvalue weighted by atomic mass is 15.3. The van der Waals surface area contributed by atoms with Gasteiger partial charge in [0.15, 0.2) is 0 Å². The second-order valence-electron chi connectivity index (χ2n) is 4.80. The topological polar surface area (TPSA) is 29.9 Å². The van der Waals surface area contributed by atoms with E-state index in [4.69, 9.17) is 0 Å². The minimum absolute atomic E-state index is 0.852. The van der Waals surface area contributed by atoms with Gasteiger partial charge in [-0.2, -0.15) is 5.10 Å². The van der Waals surface area contributed by atoms with E-state index in [2.05, 4.69) is 49.4 Å². The van der Waals surface area contributed by atoms with Crippen LogP contribution in [0, 0.1) is 13.8 Å². The van der Waals surface area contributed by atoms with Gasteiger partial charge in [-0.1, -0.05) is 30.7 Å². The lowest BCUT2D eigenvalue weighted by Gasteiger charge is -2.09. The Morgan fingerprint density at radius 1 is 1.28 bits per heavy atom. The number of rotatable bonds is 4. The summed E-state index contributed by atoms with van der Waals surface area (Å²) in [7, 11) is 1.96. The van der Waals surface area contributed by atoms with Crippen LogP contribution in [0.15, 0.2) is 24.4 Å². The highest BCUT2D eigenvalue weighted by Gasteiger charge is 2.06. The molecule has 0 unspecified atom stereocenters. The predicted molar refractivity (Wildman–Crippen MR) is 75.8 cm³/mol. The first-order valence-corrected chi connectivity index (χ1v) is 6.42. The maximum Gasteiger partial charge on any atom is 0.0853 e. The molecule has 1 aromatic heterocycles. The number of hydrogen-bond donors (Lipinski definition) is 1. The van der Waals surface area contributed by atoms with Gasteiger partial charge in [-0.25, -0.2) is 0 Å². The average Bonchev–Trinajstić information content (AvgIpc) is 2.68. The fourth-order valence-corrected chi connectivity index (χ4v) is 2.18. The van der Waals surface area contributed by atoms with E-state index in [1.54, 1.807) is 0 Å². The van der Waals surface area contributed by atoms with Gasteiger partial charge < -0.3 is 5.32 Å². The van der Waals surface area contributed by atoms with Gasteiger partial charge in [0.1, 0.15) is 0 Å². The number of aromatic nitrogens is 2. The molecule has 0 amide bonds. The Morgan fingerprint density at radius 2 is 2.06 bits per heavy atom. The summed E-state index contributed by atoms with van der Waals surface area (Å²) in [5, 5.41) is 7.91. The number of aryl methyl sites for hydroxylation is 4. The molecular weight excluding hydrogens is 222 g/mol. The minimum atomic E-state index is 0.852. The molecular formula is C15H21N3. The molecule has 0 saturated heterocycles. The van der Waals surface area contributed by atoms with Gasteiger partial charge in [-0.05, 0) is 31.4 Å². The maximum atomic E-state index is 4.43. The Hall–Kier alpha value is -1.77. The van der Waals surface area contributed by atoms with Crippen molar-refractivity contribution in [1.82, 2.24) is 9.78 Å². The van der Waals surface area contributed by atoms with Crippen LogP contribution >= 0.6 is 0 Å². The quantitative estimate of drug-likeness (QED) is 0.893. The number of nitrogens with one attached hydrogen (secondary N) is 1. The van der Waals surface area contributed by atoms with Crippen LogP contribution < -0.4 is 5.32 Å². The molecule has 18 heavy (non-hydrogen) atoms. The number of nitrogens with zero attached hydrogens (tertiary/aromatic N) is 2. The highest BCUT2D eigenvalue weighted by Crippen LogP contribution is 2.17. The second kappa shape index (κ2) is 5.25. The van der Waals surface area contributed by atoms with Crippen molar-refractivity contribution in [3.05, 3.63) is 46.8 Å². The molecule has 1 heterocycles. The van der Waals surface area contributed by atoms with Crippen molar-refractivity contribution in [3.8, 4) is 0 Å². The third-order valence-electron chi connectivity index (χ3n) is 3.21. The van der Waals surface area contributed by atoms with E-state index in [9.17, 15) is 0 Å². The van der Waals surface area contributed by atoms with Crippen LogP contribution in [0.25, 0.3) is 0 Å². The summed E-state index contributed by atoms with van der Waals surface area (Å²) in [6.45, 7) is 7.27. The average molecular weight is 243 g/mol. The highest BCUT2D eigenvalue weighted by molar-refractivity contribution is 5.47. The molecule has 0 radical (unpaired) electrons. The first-order valence-electron chi connectivity index (χ1n) is 6.42. The Morgan fingerprint density at radius 3 is 2.72 bits per heavy atom. The Balaban J connectivity index is 2.11. The molecule has 0 saturated carbocycles. The van der Waals surface area contributed by atoms with Crippen LogP contribution in [0.5, 0.6) is 0 Å². The Labute approximate surface area is 109 Å². The van der Waals surface area contributed by atoms with E-state index in [0.717, 1.165) is 24.3 Å². The van der Waals surface area contributed by atoms with Crippen molar-refractivity contribution in [2.24, 2.45) is 7.05 Å². The first kappa shape index (κ1) is 12.7. The van der Waals surface area contributed by atoms with Crippen LogP contribution in [0.1, 0.15) is 29.3 Å². The van der Waals surface area contributed by atoms with Crippen LogP contribution in [0.3, 0.4) is 0 Å². The SMILES string of the molecule is CCc1nn(C)cc1NCc1ccc(C)cc1C. The second-order valence-corrected chi connectivity index (χ2v) is 4.80. The summed E-state index contributed by atoms with van der Waals surface area (Å²) in [4.78, 5) is 0. The Kier molecular flexibility index (Phi) is 3.70. The van der Waals surface area contributed by atoms with E-state index in [1.165, 1.54) is 16.7 Å². The van der Waals surface area contributed by atoms with Gasteiger partial charge in [-0.15, -0.1) is 0 Å². The lowest BCUT2D eigenvalue weighted by Crippen LogP contribution is -2.02. The lowest BCUT2D eigenvalue weighted by atomic mass is 10.1. The largest absolute Gasteiger partial charge is 0.378 e. The molecule has 0 atom stereocenters. The summed E-state index contributed by atoms with van der Waals surface area (Å²) in [5.74, 6) is 0. The third kappa shape index (κ3) is 2.73. The first-order chi connectivity index (χ1) is 8.60. The molecule has 2 aromatic rings. The van der Waals surface area contributed by atoms with Gasteiger partial charge in [-0.3, -0.25) is 4.68 Å². The van der Waals surface area contributed by atoms with Crippen LogP contribution in [-0.4, -0.2) is 9.78 Å². The zero-order valence-electron chi connectivity index (χ0n) is 11.6. The molecule has 1 aromatic carbocycles. The van der Waals surface area contributed by atoms with Gasteiger partial charge in [0.2, 0.25) is 0 Å².